The number of benzene rings is 2. The van der Waals surface area contributed by atoms with E-state index in [-0.39, 0.29) is 6.79 Å². The molecule has 8 heteroatoms. The topological polar surface area (TPSA) is 92.3 Å². The number of esters is 1. The van der Waals surface area contributed by atoms with Crippen molar-refractivity contribution in [3.8, 4) is 23.0 Å². The van der Waals surface area contributed by atoms with Gasteiger partial charge in [0.05, 0.1) is 0 Å². The van der Waals surface area contributed by atoms with Gasteiger partial charge in [0.15, 0.2) is 29.1 Å². The molecule has 4 rings (SSSR count). The van der Waals surface area contributed by atoms with Crippen molar-refractivity contribution in [3.63, 3.8) is 0 Å². The van der Waals surface area contributed by atoms with Gasteiger partial charge >= 0.3 is 5.97 Å². The number of hydrogen-bond donors (Lipinski definition) is 1. The summed E-state index contributed by atoms with van der Waals surface area (Å²) in [6.07, 6.45) is 1.87. The van der Waals surface area contributed by atoms with Crippen molar-refractivity contribution in [1.82, 2.24) is 0 Å². The monoisotopic (exact) mass is 397 g/mol. The number of carbonyl (C=O) groups is 2. The van der Waals surface area contributed by atoms with Crippen molar-refractivity contribution >= 4 is 23.6 Å². The van der Waals surface area contributed by atoms with E-state index in [1.165, 1.54) is 13.0 Å². The minimum absolute atomic E-state index is 0.149. The Balaban J connectivity index is 1.31. The van der Waals surface area contributed by atoms with Crippen LogP contribution in [-0.4, -0.2) is 38.0 Å². The van der Waals surface area contributed by atoms with Crippen LogP contribution in [0.3, 0.4) is 0 Å². The number of amides is 1. The minimum atomic E-state index is -0.974. The third kappa shape index (κ3) is 4.43. The van der Waals surface area contributed by atoms with Crippen LogP contribution in [0, 0.1) is 0 Å². The lowest BCUT2D eigenvalue weighted by molar-refractivity contribution is -0.148. The second-order valence-corrected chi connectivity index (χ2v) is 6.37. The number of fused-ring (bicyclic) bond motifs is 2. The number of ether oxygens (including phenoxy) is 5. The summed E-state index contributed by atoms with van der Waals surface area (Å²) in [5, 5.41) is 2.68. The molecule has 8 nitrogen and oxygen atoms in total. The van der Waals surface area contributed by atoms with Gasteiger partial charge in [-0.25, -0.2) is 4.79 Å². The molecule has 0 aromatic heterocycles. The maximum Gasteiger partial charge on any atom is 0.331 e. The highest BCUT2D eigenvalue weighted by Crippen LogP contribution is 2.34. The lowest BCUT2D eigenvalue weighted by atomic mass is 10.2. The smallest absolute Gasteiger partial charge is 0.331 e. The van der Waals surface area contributed by atoms with Gasteiger partial charge in [-0.1, -0.05) is 6.07 Å². The Morgan fingerprint density at radius 2 is 1.66 bits per heavy atom. The molecular weight excluding hydrogens is 378 g/mol. The highest BCUT2D eigenvalue weighted by molar-refractivity contribution is 5.96. The van der Waals surface area contributed by atoms with Crippen LogP contribution in [0.4, 0.5) is 5.69 Å². The SMILES string of the molecule is C[C@@H](OC(=O)/C=C/c1ccc2c(c1)OCCO2)C(=O)Nc1ccc2c(c1)OCO2. The molecule has 150 valence electrons. The van der Waals surface area contributed by atoms with Crippen LogP contribution in [0.2, 0.25) is 0 Å². The highest BCUT2D eigenvalue weighted by Gasteiger charge is 2.19. The van der Waals surface area contributed by atoms with E-state index in [1.54, 1.807) is 42.5 Å². The van der Waals surface area contributed by atoms with Gasteiger partial charge < -0.3 is 29.0 Å². The van der Waals surface area contributed by atoms with E-state index in [2.05, 4.69) is 5.32 Å². The molecule has 2 aromatic rings. The van der Waals surface area contributed by atoms with E-state index < -0.39 is 18.0 Å². The zero-order valence-electron chi connectivity index (χ0n) is 15.7. The van der Waals surface area contributed by atoms with Crippen LogP contribution in [-0.2, 0) is 14.3 Å². The highest BCUT2D eigenvalue weighted by atomic mass is 16.7. The van der Waals surface area contributed by atoms with Crippen molar-refractivity contribution in [1.29, 1.82) is 0 Å². The van der Waals surface area contributed by atoms with Crippen molar-refractivity contribution < 1.29 is 33.3 Å². The van der Waals surface area contributed by atoms with E-state index in [4.69, 9.17) is 23.7 Å². The molecular formula is C21H19NO7. The molecule has 0 aliphatic carbocycles. The summed E-state index contributed by atoms with van der Waals surface area (Å²) < 4.78 is 26.6. The van der Waals surface area contributed by atoms with E-state index >= 15 is 0 Å². The second-order valence-electron chi connectivity index (χ2n) is 6.37. The summed E-state index contributed by atoms with van der Waals surface area (Å²) in [6, 6.07) is 10.4. The Morgan fingerprint density at radius 1 is 0.966 bits per heavy atom. The van der Waals surface area contributed by atoms with E-state index in [0.29, 0.717) is 41.9 Å². The fourth-order valence-electron chi connectivity index (χ4n) is 2.81. The fraction of sp³-hybridized carbons (Fsp3) is 0.238. The van der Waals surface area contributed by atoms with Crippen LogP contribution in [0.15, 0.2) is 42.5 Å². The average Bonchev–Trinajstić information content (AvgIpc) is 3.20. The van der Waals surface area contributed by atoms with Crippen LogP contribution < -0.4 is 24.3 Å². The van der Waals surface area contributed by atoms with Crippen LogP contribution in [0.1, 0.15) is 12.5 Å². The fourth-order valence-corrected chi connectivity index (χ4v) is 2.81. The van der Waals surface area contributed by atoms with Gasteiger partial charge in [-0.2, -0.15) is 0 Å². The summed E-state index contributed by atoms with van der Waals surface area (Å²) >= 11 is 0. The third-order valence-corrected chi connectivity index (χ3v) is 4.28. The van der Waals surface area contributed by atoms with Gasteiger partial charge in [-0.05, 0) is 42.8 Å². The standard InChI is InChI=1S/C21H19NO7/c1-13(21(24)22-15-4-6-17-19(11-15)28-12-27-17)29-20(23)7-3-14-2-5-16-18(10-14)26-9-8-25-16/h2-7,10-11,13H,8-9,12H2,1H3,(H,22,24)/b7-3+/t13-/m1/s1. The molecule has 1 N–H and O–H groups in total. The Morgan fingerprint density at radius 3 is 2.52 bits per heavy atom. The lowest BCUT2D eigenvalue weighted by Gasteiger charge is -2.18. The molecule has 2 aliphatic rings. The lowest BCUT2D eigenvalue weighted by Crippen LogP contribution is -2.29. The summed E-state index contributed by atoms with van der Waals surface area (Å²) in [4.78, 5) is 24.3. The Kier molecular flexibility index (Phi) is 5.24. The predicted molar refractivity (Wildman–Crippen MR) is 103 cm³/mol. The van der Waals surface area contributed by atoms with E-state index in [1.807, 2.05) is 0 Å². The molecule has 0 bridgehead atoms. The first-order chi connectivity index (χ1) is 14.1. The van der Waals surface area contributed by atoms with E-state index in [0.717, 1.165) is 5.56 Å². The maximum absolute atomic E-state index is 12.3. The first kappa shape index (κ1) is 18.7. The Labute approximate surface area is 167 Å². The molecule has 29 heavy (non-hydrogen) atoms. The number of nitrogens with one attached hydrogen (secondary N) is 1. The minimum Gasteiger partial charge on any atom is -0.486 e. The summed E-state index contributed by atoms with van der Waals surface area (Å²) in [6.45, 7) is 2.65. The number of carbonyl (C=O) groups excluding carboxylic acids is 2. The number of anilines is 1. The first-order valence-corrected chi connectivity index (χ1v) is 9.07. The number of hydrogen-bond acceptors (Lipinski definition) is 7. The van der Waals surface area contributed by atoms with Crippen molar-refractivity contribution in [2.45, 2.75) is 13.0 Å². The predicted octanol–water partition coefficient (Wildman–Crippen LogP) is 2.77. The van der Waals surface area contributed by atoms with Crippen LogP contribution in [0.25, 0.3) is 6.08 Å². The molecule has 0 radical (unpaired) electrons. The van der Waals surface area contributed by atoms with Gasteiger partial charge in [0, 0.05) is 17.8 Å². The van der Waals surface area contributed by atoms with Gasteiger partial charge in [-0.15, -0.1) is 0 Å². The van der Waals surface area contributed by atoms with Crippen LogP contribution >= 0.6 is 0 Å². The average molecular weight is 397 g/mol. The quantitative estimate of drug-likeness (QED) is 0.613. The van der Waals surface area contributed by atoms with Crippen LogP contribution in [0.5, 0.6) is 23.0 Å². The second kappa shape index (κ2) is 8.14. The molecule has 0 saturated heterocycles. The summed E-state index contributed by atoms with van der Waals surface area (Å²) in [7, 11) is 0. The third-order valence-electron chi connectivity index (χ3n) is 4.28. The van der Waals surface area contributed by atoms with Crippen molar-refractivity contribution in [2.24, 2.45) is 0 Å². The molecule has 2 aliphatic heterocycles. The van der Waals surface area contributed by atoms with Crippen molar-refractivity contribution in [2.75, 3.05) is 25.3 Å². The van der Waals surface area contributed by atoms with Gasteiger partial charge in [0.25, 0.3) is 5.91 Å². The Bertz CT molecular complexity index is 969. The first-order valence-electron chi connectivity index (χ1n) is 9.07. The van der Waals surface area contributed by atoms with Gasteiger partial charge in [0.2, 0.25) is 6.79 Å². The zero-order chi connectivity index (χ0) is 20.2. The molecule has 0 spiro atoms. The van der Waals surface area contributed by atoms with Gasteiger partial charge in [0.1, 0.15) is 13.2 Å². The molecule has 1 atom stereocenters. The molecule has 1 amide bonds. The van der Waals surface area contributed by atoms with E-state index in [9.17, 15) is 9.59 Å². The molecule has 0 saturated carbocycles. The summed E-state index contributed by atoms with van der Waals surface area (Å²) in [5.41, 5.74) is 1.28. The number of rotatable bonds is 5. The van der Waals surface area contributed by atoms with Crippen molar-refractivity contribution in [3.05, 3.63) is 48.0 Å². The molecule has 2 heterocycles. The maximum atomic E-state index is 12.3. The Hall–Kier alpha value is -3.68. The largest absolute Gasteiger partial charge is 0.486 e. The molecule has 0 unspecified atom stereocenters. The summed E-state index contributed by atoms with van der Waals surface area (Å²) in [5.74, 6) is 1.38. The normalized spacial score (nSPS) is 15.1. The molecule has 0 fully saturated rings. The zero-order valence-corrected chi connectivity index (χ0v) is 15.7. The molecule has 2 aromatic carbocycles. The van der Waals surface area contributed by atoms with Gasteiger partial charge in [-0.3, -0.25) is 4.79 Å².